The number of rotatable bonds is 4. The minimum atomic E-state index is 0.813. The van der Waals surface area contributed by atoms with E-state index in [1.54, 1.807) is 12.4 Å². The largest absolute Gasteiger partial charge is 0.255 e. The first-order valence-electron chi connectivity index (χ1n) is 15.4. The summed E-state index contributed by atoms with van der Waals surface area (Å²) in [7, 11) is 0. The van der Waals surface area contributed by atoms with Crippen LogP contribution in [0.1, 0.15) is 0 Å². The predicted molar refractivity (Wildman–Crippen MR) is 189 cm³/mol. The Bertz CT molecular complexity index is 2410. The summed E-state index contributed by atoms with van der Waals surface area (Å²) in [5.41, 5.74) is 9.82. The van der Waals surface area contributed by atoms with Gasteiger partial charge in [0.2, 0.25) is 0 Å². The van der Waals surface area contributed by atoms with Gasteiger partial charge >= 0.3 is 0 Å². The molecular formula is C42H26N4. The number of fused-ring (bicyclic) bond motifs is 6. The Morgan fingerprint density at radius 1 is 0.326 bits per heavy atom. The van der Waals surface area contributed by atoms with Gasteiger partial charge in [-0.3, -0.25) is 9.97 Å². The first-order chi connectivity index (χ1) is 22.8. The van der Waals surface area contributed by atoms with Crippen molar-refractivity contribution in [2.45, 2.75) is 0 Å². The van der Waals surface area contributed by atoms with Gasteiger partial charge in [0.15, 0.2) is 0 Å². The average molecular weight is 587 g/mol. The molecule has 9 aromatic rings. The van der Waals surface area contributed by atoms with Crippen molar-refractivity contribution in [1.29, 1.82) is 0 Å². The van der Waals surface area contributed by atoms with Crippen molar-refractivity contribution in [2.75, 3.05) is 0 Å². The van der Waals surface area contributed by atoms with Gasteiger partial charge in [0.1, 0.15) is 0 Å². The first-order valence-corrected chi connectivity index (χ1v) is 15.4. The molecule has 0 N–H and O–H groups in total. The Kier molecular flexibility index (Phi) is 6.10. The van der Waals surface area contributed by atoms with Gasteiger partial charge in [0.05, 0.1) is 33.8 Å². The fraction of sp³-hybridized carbons (Fsp3) is 0. The van der Waals surface area contributed by atoms with E-state index in [1.165, 1.54) is 16.3 Å². The Balaban J connectivity index is 1.25. The molecule has 4 heterocycles. The quantitative estimate of drug-likeness (QED) is 0.152. The minimum Gasteiger partial charge on any atom is -0.255 e. The van der Waals surface area contributed by atoms with Crippen LogP contribution in [-0.4, -0.2) is 19.9 Å². The molecule has 9 rings (SSSR count). The molecule has 0 saturated heterocycles. The molecule has 46 heavy (non-hydrogen) atoms. The van der Waals surface area contributed by atoms with E-state index in [0.29, 0.717) is 0 Å². The zero-order chi connectivity index (χ0) is 30.5. The van der Waals surface area contributed by atoms with Gasteiger partial charge in [-0.05, 0) is 63.9 Å². The molecule has 0 radical (unpaired) electrons. The van der Waals surface area contributed by atoms with Gasteiger partial charge in [0, 0.05) is 39.5 Å². The summed E-state index contributed by atoms with van der Waals surface area (Å²) in [4.78, 5) is 19.5. The molecule has 0 bridgehead atoms. The third kappa shape index (κ3) is 4.39. The third-order valence-electron chi connectivity index (χ3n) is 8.75. The van der Waals surface area contributed by atoms with Crippen molar-refractivity contribution >= 4 is 43.4 Å². The van der Waals surface area contributed by atoms with E-state index in [4.69, 9.17) is 9.97 Å². The molecule has 5 aromatic carbocycles. The molecule has 4 nitrogen and oxygen atoms in total. The van der Waals surface area contributed by atoms with Gasteiger partial charge < -0.3 is 0 Å². The maximum Gasteiger partial charge on any atom is 0.0900 e. The number of hydrogen-bond donors (Lipinski definition) is 0. The molecule has 0 spiro atoms. The number of pyridine rings is 4. The molecule has 0 saturated carbocycles. The van der Waals surface area contributed by atoms with Gasteiger partial charge in [-0.15, -0.1) is 0 Å². The molecular weight excluding hydrogens is 560 g/mol. The molecule has 0 aliphatic heterocycles. The van der Waals surface area contributed by atoms with Crippen LogP contribution < -0.4 is 0 Å². The second-order valence-electron chi connectivity index (χ2n) is 11.5. The molecule has 0 amide bonds. The fourth-order valence-corrected chi connectivity index (χ4v) is 6.54. The van der Waals surface area contributed by atoms with Gasteiger partial charge in [0.25, 0.3) is 0 Å². The summed E-state index contributed by atoms with van der Waals surface area (Å²) in [5.74, 6) is 0. The van der Waals surface area contributed by atoms with Crippen LogP contribution in [0, 0.1) is 0 Å². The zero-order valence-corrected chi connectivity index (χ0v) is 24.8. The van der Waals surface area contributed by atoms with E-state index in [-0.39, 0.29) is 0 Å². The highest BCUT2D eigenvalue weighted by atomic mass is 14.8. The SMILES string of the molecule is c1ccc(-c2cc(-c3ccc(-c4c5ccc6ccccc6c5nc5c4ccc4ccccc45)cc3)cc(-c3ccccn3)n2)nc1. The van der Waals surface area contributed by atoms with E-state index in [9.17, 15) is 0 Å². The summed E-state index contributed by atoms with van der Waals surface area (Å²) in [6.45, 7) is 0. The van der Waals surface area contributed by atoms with Crippen molar-refractivity contribution in [3.8, 4) is 45.0 Å². The lowest BCUT2D eigenvalue weighted by molar-refractivity contribution is 1.22. The van der Waals surface area contributed by atoms with Crippen LogP contribution in [-0.2, 0) is 0 Å². The number of nitrogens with zero attached hydrogens (tertiary/aromatic N) is 4. The Morgan fingerprint density at radius 3 is 1.35 bits per heavy atom. The van der Waals surface area contributed by atoms with E-state index >= 15 is 0 Å². The standard InChI is InChI=1S/C42H26N4/c1-3-11-32-28(9-1)19-21-34-40(35-22-20-29-10-2-4-12-33(29)42(35)46-41(32)34)30-17-15-27(16-18-30)31-25-38(36-13-5-7-23-43-36)45-39(26-31)37-14-6-8-24-44-37/h1-26H. The average Bonchev–Trinajstić information content (AvgIpc) is 3.14. The van der Waals surface area contributed by atoms with Crippen molar-refractivity contribution in [3.05, 3.63) is 158 Å². The summed E-state index contributed by atoms with van der Waals surface area (Å²) in [5, 5.41) is 6.99. The molecule has 0 unspecified atom stereocenters. The highest BCUT2D eigenvalue weighted by Gasteiger charge is 2.16. The van der Waals surface area contributed by atoms with Crippen molar-refractivity contribution in [1.82, 2.24) is 19.9 Å². The van der Waals surface area contributed by atoms with Crippen LogP contribution in [0.5, 0.6) is 0 Å². The van der Waals surface area contributed by atoms with Crippen LogP contribution in [0.4, 0.5) is 0 Å². The lowest BCUT2D eigenvalue weighted by Crippen LogP contribution is -1.94. The van der Waals surface area contributed by atoms with Crippen LogP contribution in [0.25, 0.3) is 88.4 Å². The van der Waals surface area contributed by atoms with Gasteiger partial charge in [-0.2, -0.15) is 0 Å². The smallest absolute Gasteiger partial charge is 0.0900 e. The monoisotopic (exact) mass is 586 g/mol. The highest BCUT2D eigenvalue weighted by molar-refractivity contribution is 6.21. The maximum atomic E-state index is 5.34. The van der Waals surface area contributed by atoms with Gasteiger partial charge in [-0.25, -0.2) is 9.97 Å². The zero-order valence-electron chi connectivity index (χ0n) is 24.8. The number of aromatic nitrogens is 4. The van der Waals surface area contributed by atoms with E-state index in [0.717, 1.165) is 72.0 Å². The third-order valence-corrected chi connectivity index (χ3v) is 8.75. The number of hydrogen-bond acceptors (Lipinski definition) is 4. The summed E-state index contributed by atoms with van der Waals surface area (Å²) < 4.78 is 0. The molecule has 0 atom stereocenters. The van der Waals surface area contributed by atoms with Crippen molar-refractivity contribution in [3.63, 3.8) is 0 Å². The van der Waals surface area contributed by atoms with Crippen LogP contribution in [0.2, 0.25) is 0 Å². The molecule has 4 aromatic heterocycles. The van der Waals surface area contributed by atoms with Crippen LogP contribution in [0.3, 0.4) is 0 Å². The van der Waals surface area contributed by atoms with Crippen molar-refractivity contribution in [2.24, 2.45) is 0 Å². The van der Waals surface area contributed by atoms with E-state index in [1.807, 2.05) is 36.4 Å². The molecule has 4 heteroatoms. The fourth-order valence-electron chi connectivity index (χ4n) is 6.54. The van der Waals surface area contributed by atoms with E-state index < -0.39 is 0 Å². The minimum absolute atomic E-state index is 0.813. The Hall–Kier alpha value is -6.26. The van der Waals surface area contributed by atoms with E-state index in [2.05, 4.69) is 119 Å². The number of benzene rings is 5. The molecule has 0 fully saturated rings. The van der Waals surface area contributed by atoms with Crippen LogP contribution in [0.15, 0.2) is 158 Å². The van der Waals surface area contributed by atoms with Gasteiger partial charge in [-0.1, -0.05) is 109 Å². The highest BCUT2D eigenvalue weighted by Crippen LogP contribution is 2.40. The lowest BCUT2D eigenvalue weighted by Gasteiger charge is -2.15. The first kappa shape index (κ1) is 26.2. The Morgan fingerprint density at radius 2 is 0.826 bits per heavy atom. The second-order valence-corrected chi connectivity index (χ2v) is 11.5. The lowest BCUT2D eigenvalue weighted by atomic mass is 9.91. The predicted octanol–water partition coefficient (Wildman–Crippen LogP) is 10.5. The normalized spacial score (nSPS) is 11.5. The Labute approximate surface area is 265 Å². The maximum absolute atomic E-state index is 5.34. The summed E-state index contributed by atoms with van der Waals surface area (Å²) in [6.07, 6.45) is 3.60. The topological polar surface area (TPSA) is 51.6 Å². The molecule has 0 aliphatic carbocycles. The van der Waals surface area contributed by atoms with Crippen molar-refractivity contribution < 1.29 is 0 Å². The second kappa shape index (κ2) is 10.7. The summed E-state index contributed by atoms with van der Waals surface area (Å²) in [6, 6.07) is 50.8. The molecule has 214 valence electrons. The molecule has 0 aliphatic rings. The summed E-state index contributed by atoms with van der Waals surface area (Å²) >= 11 is 0. The van der Waals surface area contributed by atoms with Crippen LogP contribution >= 0.6 is 0 Å².